The van der Waals surface area contributed by atoms with Crippen LogP contribution in [0.25, 0.3) is 0 Å². The van der Waals surface area contributed by atoms with E-state index in [0.29, 0.717) is 10.3 Å². The zero-order chi connectivity index (χ0) is 12.8. The van der Waals surface area contributed by atoms with Crippen molar-refractivity contribution in [2.75, 3.05) is 7.05 Å². The molecule has 1 aliphatic heterocycles. The zero-order valence-electron chi connectivity index (χ0n) is 9.48. The Morgan fingerprint density at radius 1 is 1.71 bits per heavy atom. The van der Waals surface area contributed by atoms with E-state index in [1.54, 1.807) is 18.4 Å². The minimum atomic E-state index is -1.75. The van der Waals surface area contributed by atoms with Crippen molar-refractivity contribution in [3.8, 4) is 0 Å². The van der Waals surface area contributed by atoms with E-state index in [1.165, 1.54) is 18.4 Å². The van der Waals surface area contributed by atoms with Crippen LogP contribution in [-0.2, 0) is 10.3 Å². The molecule has 1 aromatic rings. The van der Waals surface area contributed by atoms with Gasteiger partial charge in [-0.2, -0.15) is 0 Å². The third kappa shape index (κ3) is 1.74. The number of aliphatic imine (C=N–C) groups is 1. The smallest absolute Gasteiger partial charge is 0.266 e. The van der Waals surface area contributed by atoms with Crippen LogP contribution in [0.4, 0.5) is 4.39 Å². The van der Waals surface area contributed by atoms with E-state index in [9.17, 15) is 9.18 Å². The average molecular weight is 251 g/mol. The lowest BCUT2D eigenvalue weighted by Crippen LogP contribution is -2.54. The molecule has 1 amide bonds. The average Bonchev–Trinajstić information content (AvgIpc) is 2.71. The van der Waals surface area contributed by atoms with Crippen molar-refractivity contribution in [2.24, 2.45) is 10.7 Å². The SMILES string of the molecule is [B]c1csc([C@@]2(C)N=C(N)N(C)C(=O)[C@@H]2F)c1. The van der Waals surface area contributed by atoms with E-state index >= 15 is 0 Å². The van der Waals surface area contributed by atoms with Gasteiger partial charge in [-0.25, -0.2) is 9.38 Å². The second-order valence-corrected chi connectivity index (χ2v) is 5.03. The molecule has 2 heterocycles. The Hall–Kier alpha value is -1.37. The number of hydrogen-bond acceptors (Lipinski definition) is 4. The summed E-state index contributed by atoms with van der Waals surface area (Å²) in [6.45, 7) is 1.54. The standard InChI is InChI=1S/C10H11BFN3OS/c1-10(6-3-5(11)4-17-6)7(12)8(16)15(2)9(13)14-10/h3-4,7H,1-2H3,(H2,13,14)/t7-,10+/m0/s1. The van der Waals surface area contributed by atoms with Crippen LogP contribution in [0.1, 0.15) is 11.8 Å². The normalized spacial score (nSPS) is 29.4. The molecule has 7 heteroatoms. The van der Waals surface area contributed by atoms with Crippen molar-refractivity contribution in [2.45, 2.75) is 18.6 Å². The van der Waals surface area contributed by atoms with Gasteiger partial charge >= 0.3 is 0 Å². The number of hydrogen-bond donors (Lipinski definition) is 1. The van der Waals surface area contributed by atoms with Gasteiger partial charge in [-0.05, 0) is 12.3 Å². The van der Waals surface area contributed by atoms with Gasteiger partial charge in [0.05, 0.1) is 0 Å². The van der Waals surface area contributed by atoms with Crippen LogP contribution in [0.5, 0.6) is 0 Å². The molecule has 0 bridgehead atoms. The molecule has 0 fully saturated rings. The van der Waals surface area contributed by atoms with Crippen LogP contribution < -0.4 is 11.2 Å². The number of guanidine groups is 1. The molecule has 0 saturated heterocycles. The topological polar surface area (TPSA) is 58.7 Å². The minimum absolute atomic E-state index is 0.0124. The summed E-state index contributed by atoms with van der Waals surface area (Å²) < 4.78 is 14.2. The second-order valence-electron chi connectivity index (χ2n) is 4.12. The number of halogens is 1. The minimum Gasteiger partial charge on any atom is -0.369 e. The highest BCUT2D eigenvalue weighted by Gasteiger charge is 2.47. The molecule has 0 saturated carbocycles. The largest absolute Gasteiger partial charge is 0.369 e. The summed E-state index contributed by atoms with van der Waals surface area (Å²) in [4.78, 5) is 17.4. The summed E-state index contributed by atoms with van der Waals surface area (Å²) in [6, 6.07) is 1.62. The number of thiophene rings is 1. The van der Waals surface area contributed by atoms with Gasteiger partial charge in [0.15, 0.2) is 5.96 Å². The van der Waals surface area contributed by atoms with Crippen molar-refractivity contribution in [3.63, 3.8) is 0 Å². The maximum absolute atomic E-state index is 14.2. The lowest BCUT2D eigenvalue weighted by molar-refractivity contribution is -0.135. The highest BCUT2D eigenvalue weighted by Crippen LogP contribution is 2.37. The van der Waals surface area contributed by atoms with Gasteiger partial charge in [0.1, 0.15) is 13.4 Å². The number of nitrogens with zero attached hydrogens (tertiary/aromatic N) is 2. The Balaban J connectivity index is 2.53. The molecule has 1 aromatic heterocycles. The van der Waals surface area contributed by atoms with Crippen LogP contribution >= 0.6 is 11.3 Å². The molecule has 2 rings (SSSR count). The summed E-state index contributed by atoms with van der Waals surface area (Å²) in [5.74, 6) is -0.676. The molecule has 2 atom stereocenters. The lowest BCUT2D eigenvalue weighted by atomic mass is 9.90. The molecule has 2 N–H and O–H groups in total. The number of rotatable bonds is 1. The first-order chi connectivity index (χ1) is 7.86. The number of amides is 1. The summed E-state index contributed by atoms with van der Waals surface area (Å²) in [7, 11) is 7.00. The number of nitrogens with two attached hydrogens (primary N) is 1. The van der Waals surface area contributed by atoms with Gasteiger partial charge in [0.2, 0.25) is 6.17 Å². The summed E-state index contributed by atoms with van der Waals surface area (Å²) in [5.41, 5.74) is 4.86. The maximum atomic E-state index is 14.2. The first kappa shape index (κ1) is 12.1. The fourth-order valence-electron chi connectivity index (χ4n) is 1.69. The van der Waals surface area contributed by atoms with Crippen LogP contribution in [0.3, 0.4) is 0 Å². The third-order valence-electron chi connectivity index (χ3n) is 2.85. The fourth-order valence-corrected chi connectivity index (χ4v) is 2.61. The van der Waals surface area contributed by atoms with Crippen LogP contribution in [0, 0.1) is 0 Å². The third-order valence-corrected chi connectivity index (χ3v) is 4.03. The fraction of sp³-hybridized carbons (Fsp3) is 0.400. The zero-order valence-corrected chi connectivity index (χ0v) is 10.3. The molecule has 88 valence electrons. The number of carbonyl (C=O) groups excluding carboxylic acids is 1. The monoisotopic (exact) mass is 251 g/mol. The highest BCUT2D eigenvalue weighted by molar-refractivity contribution is 7.11. The van der Waals surface area contributed by atoms with Crippen molar-refractivity contribution in [1.82, 2.24) is 4.90 Å². The van der Waals surface area contributed by atoms with Gasteiger partial charge in [-0.3, -0.25) is 9.69 Å². The maximum Gasteiger partial charge on any atom is 0.266 e. The van der Waals surface area contributed by atoms with Crippen LogP contribution in [-0.4, -0.2) is 37.8 Å². The van der Waals surface area contributed by atoms with E-state index in [0.717, 1.165) is 4.90 Å². The Morgan fingerprint density at radius 2 is 2.35 bits per heavy atom. The summed E-state index contributed by atoms with van der Waals surface area (Å²) >= 11 is 1.27. The first-order valence-corrected chi connectivity index (χ1v) is 5.85. The highest BCUT2D eigenvalue weighted by atomic mass is 32.1. The molecule has 0 spiro atoms. The van der Waals surface area contributed by atoms with E-state index < -0.39 is 17.6 Å². The van der Waals surface area contributed by atoms with Crippen molar-refractivity contribution < 1.29 is 9.18 Å². The van der Waals surface area contributed by atoms with E-state index in [1.807, 2.05) is 0 Å². The molecule has 17 heavy (non-hydrogen) atoms. The van der Waals surface area contributed by atoms with Gasteiger partial charge in [-0.15, -0.1) is 11.3 Å². The number of alkyl halides is 1. The lowest BCUT2D eigenvalue weighted by Gasteiger charge is -2.35. The first-order valence-electron chi connectivity index (χ1n) is 4.97. The van der Waals surface area contributed by atoms with Gasteiger partial charge in [0.25, 0.3) is 5.91 Å². The molecule has 4 nitrogen and oxygen atoms in total. The quantitative estimate of drug-likeness (QED) is 0.707. The van der Waals surface area contributed by atoms with Gasteiger partial charge in [-0.1, -0.05) is 11.5 Å². The molecule has 0 aromatic carbocycles. The molecule has 2 radical (unpaired) electrons. The molecular weight excluding hydrogens is 240 g/mol. The second kappa shape index (κ2) is 3.84. The molecule has 1 aliphatic rings. The predicted octanol–water partition coefficient (Wildman–Crippen LogP) is -0.118. The van der Waals surface area contributed by atoms with E-state index in [4.69, 9.17) is 13.6 Å². The van der Waals surface area contributed by atoms with Crippen molar-refractivity contribution in [3.05, 3.63) is 16.3 Å². The molecule has 0 unspecified atom stereocenters. The Labute approximate surface area is 104 Å². The van der Waals surface area contributed by atoms with Crippen LogP contribution in [0.15, 0.2) is 16.4 Å². The van der Waals surface area contributed by atoms with Gasteiger partial charge < -0.3 is 5.73 Å². The van der Waals surface area contributed by atoms with E-state index in [2.05, 4.69) is 4.99 Å². The summed E-state index contributed by atoms with van der Waals surface area (Å²) in [5, 5.41) is 1.68. The molecule has 0 aliphatic carbocycles. The Morgan fingerprint density at radius 3 is 2.88 bits per heavy atom. The number of carbonyl (C=O) groups is 1. The van der Waals surface area contributed by atoms with Crippen molar-refractivity contribution >= 4 is 36.5 Å². The molecular formula is C10H11BFN3OS. The Kier molecular flexibility index (Phi) is 2.73. The summed E-state index contributed by atoms with van der Waals surface area (Å²) in [6.07, 6.45) is -1.75. The predicted molar refractivity (Wildman–Crippen MR) is 66.3 cm³/mol. The van der Waals surface area contributed by atoms with Gasteiger partial charge in [0, 0.05) is 11.9 Å². The van der Waals surface area contributed by atoms with Crippen molar-refractivity contribution in [1.29, 1.82) is 0 Å². The van der Waals surface area contributed by atoms with E-state index in [-0.39, 0.29) is 5.96 Å². The Bertz CT molecular complexity index is 503. The van der Waals surface area contributed by atoms with Crippen LogP contribution in [0.2, 0.25) is 0 Å².